The Labute approximate surface area is 200 Å². The number of nitrogens with zero attached hydrogens (tertiary/aromatic N) is 1. The average molecular weight is 520 g/mol. The fraction of sp³-hybridized carbons (Fsp3) is 0.458. The van der Waals surface area contributed by atoms with E-state index in [-0.39, 0.29) is 35.0 Å². The van der Waals surface area contributed by atoms with Crippen LogP contribution in [-0.4, -0.2) is 49.8 Å². The zero-order chi connectivity index (χ0) is 26.0. The highest BCUT2D eigenvalue weighted by Crippen LogP contribution is 2.39. The SMILES string of the molecule is CC(C)(C1CCN(C(=O)c2ccccc2CC(F)F)CC1)S(=O)(=O)c1cccc(OC(F)(F)F)c1. The quantitative estimate of drug-likeness (QED) is 0.454. The molecule has 1 fully saturated rings. The Morgan fingerprint density at radius 3 is 2.29 bits per heavy atom. The van der Waals surface area contributed by atoms with E-state index in [1.807, 2.05) is 0 Å². The predicted molar refractivity (Wildman–Crippen MR) is 119 cm³/mol. The molecular formula is C24H26F5NO4S. The summed E-state index contributed by atoms with van der Waals surface area (Å²) in [5.41, 5.74) is 0.443. The van der Waals surface area contributed by atoms with Crippen LogP contribution in [0.25, 0.3) is 0 Å². The number of benzene rings is 2. The third kappa shape index (κ3) is 6.12. The number of likely N-dealkylation sites (tertiary alicyclic amines) is 1. The minimum absolute atomic E-state index is 0.194. The van der Waals surface area contributed by atoms with E-state index in [2.05, 4.69) is 4.74 Å². The molecule has 0 atom stereocenters. The van der Waals surface area contributed by atoms with Gasteiger partial charge in [-0.1, -0.05) is 24.3 Å². The van der Waals surface area contributed by atoms with Crippen molar-refractivity contribution in [2.24, 2.45) is 5.92 Å². The third-order valence-electron chi connectivity index (χ3n) is 6.43. The molecule has 0 saturated carbocycles. The molecular weight excluding hydrogens is 493 g/mol. The van der Waals surface area contributed by atoms with Crippen molar-refractivity contribution >= 4 is 15.7 Å². The van der Waals surface area contributed by atoms with Crippen LogP contribution in [0.15, 0.2) is 53.4 Å². The van der Waals surface area contributed by atoms with Crippen molar-refractivity contribution in [1.29, 1.82) is 0 Å². The molecule has 0 N–H and O–H groups in total. The van der Waals surface area contributed by atoms with E-state index in [0.717, 1.165) is 12.1 Å². The number of ether oxygens (including phenoxy) is 1. The number of amides is 1. The summed E-state index contributed by atoms with van der Waals surface area (Å²) in [5, 5.41) is 0. The molecule has 2 aromatic rings. The van der Waals surface area contributed by atoms with Crippen molar-refractivity contribution < 1.29 is 39.9 Å². The van der Waals surface area contributed by atoms with Gasteiger partial charge in [-0.3, -0.25) is 4.79 Å². The van der Waals surface area contributed by atoms with E-state index >= 15 is 0 Å². The molecule has 1 saturated heterocycles. The van der Waals surface area contributed by atoms with E-state index < -0.39 is 45.4 Å². The molecule has 5 nitrogen and oxygen atoms in total. The van der Waals surface area contributed by atoms with E-state index in [4.69, 9.17) is 0 Å². The lowest BCUT2D eigenvalue weighted by molar-refractivity contribution is -0.274. The van der Waals surface area contributed by atoms with Gasteiger partial charge in [0.25, 0.3) is 5.91 Å². The predicted octanol–water partition coefficient (Wildman–Crippen LogP) is 5.50. The third-order valence-corrected chi connectivity index (χ3v) is 9.02. The molecule has 0 aliphatic carbocycles. The summed E-state index contributed by atoms with van der Waals surface area (Å²) in [5.74, 6) is -1.41. The number of carbonyl (C=O) groups excluding carboxylic acids is 1. The number of carbonyl (C=O) groups is 1. The standard InChI is InChI=1S/C24H26F5NO4S/c1-23(2,35(32,33)19-8-5-7-18(15-19)34-24(27,28)29)17-10-12-30(13-11-17)22(31)20-9-4-3-6-16(20)14-21(25)26/h3-9,15,17,21H,10-14H2,1-2H3. The topological polar surface area (TPSA) is 63.7 Å². The van der Waals surface area contributed by atoms with E-state index in [9.17, 15) is 35.2 Å². The highest BCUT2D eigenvalue weighted by molar-refractivity contribution is 7.92. The maximum absolute atomic E-state index is 13.4. The van der Waals surface area contributed by atoms with Crippen molar-refractivity contribution in [2.75, 3.05) is 13.1 Å². The molecule has 35 heavy (non-hydrogen) atoms. The average Bonchev–Trinajstić information content (AvgIpc) is 2.77. The number of hydrogen-bond acceptors (Lipinski definition) is 4. The van der Waals surface area contributed by atoms with Crippen LogP contribution in [0.3, 0.4) is 0 Å². The summed E-state index contributed by atoms with van der Waals surface area (Å²) in [6, 6.07) is 10.4. The van der Waals surface area contributed by atoms with Crippen molar-refractivity contribution in [1.82, 2.24) is 4.90 Å². The number of rotatable bonds is 7. The van der Waals surface area contributed by atoms with Gasteiger partial charge in [0.15, 0.2) is 9.84 Å². The highest BCUT2D eigenvalue weighted by Gasteiger charge is 2.44. The van der Waals surface area contributed by atoms with Crippen LogP contribution < -0.4 is 4.74 Å². The second-order valence-corrected chi connectivity index (χ2v) is 11.5. The maximum atomic E-state index is 13.4. The molecule has 1 heterocycles. The Balaban J connectivity index is 1.74. The normalized spacial score (nSPS) is 15.9. The largest absolute Gasteiger partial charge is 0.573 e. The summed E-state index contributed by atoms with van der Waals surface area (Å²) in [6.07, 6.45) is -7.44. The zero-order valence-corrected chi connectivity index (χ0v) is 20.0. The van der Waals surface area contributed by atoms with Crippen LogP contribution in [0.5, 0.6) is 5.75 Å². The van der Waals surface area contributed by atoms with E-state index in [0.29, 0.717) is 12.8 Å². The van der Waals surface area contributed by atoms with Gasteiger partial charge >= 0.3 is 6.36 Å². The van der Waals surface area contributed by atoms with Gasteiger partial charge in [-0.25, -0.2) is 17.2 Å². The molecule has 0 aromatic heterocycles. The first kappa shape index (κ1) is 26.9. The molecule has 3 rings (SSSR count). The van der Waals surface area contributed by atoms with Gasteiger partial charge in [0.1, 0.15) is 5.75 Å². The van der Waals surface area contributed by atoms with Crippen molar-refractivity contribution in [3.8, 4) is 5.75 Å². The lowest BCUT2D eigenvalue weighted by Gasteiger charge is -2.40. The van der Waals surface area contributed by atoms with Gasteiger partial charge in [-0.05, 0) is 62.4 Å². The van der Waals surface area contributed by atoms with Crippen molar-refractivity contribution in [3.05, 3.63) is 59.7 Å². The van der Waals surface area contributed by atoms with Crippen molar-refractivity contribution in [3.63, 3.8) is 0 Å². The molecule has 1 aliphatic heterocycles. The number of halogens is 5. The smallest absolute Gasteiger partial charge is 0.406 e. The molecule has 0 unspecified atom stereocenters. The van der Waals surface area contributed by atoms with Crippen LogP contribution >= 0.6 is 0 Å². The van der Waals surface area contributed by atoms with Gasteiger partial charge in [-0.2, -0.15) is 0 Å². The van der Waals surface area contributed by atoms with Crippen molar-refractivity contribution in [2.45, 2.75) is 55.5 Å². The van der Waals surface area contributed by atoms with Crippen LogP contribution in [0, 0.1) is 5.92 Å². The Morgan fingerprint density at radius 2 is 1.69 bits per heavy atom. The van der Waals surface area contributed by atoms with E-state index in [1.54, 1.807) is 12.1 Å². The molecule has 0 bridgehead atoms. The fourth-order valence-corrected chi connectivity index (χ4v) is 6.19. The Hall–Kier alpha value is -2.69. The highest BCUT2D eigenvalue weighted by atomic mass is 32.2. The van der Waals surface area contributed by atoms with Crippen LogP contribution in [0.1, 0.15) is 42.6 Å². The molecule has 0 spiro atoms. The number of sulfone groups is 1. The van der Waals surface area contributed by atoms with Gasteiger partial charge in [0.05, 0.1) is 9.64 Å². The summed E-state index contributed by atoms with van der Waals surface area (Å²) in [7, 11) is -4.06. The minimum atomic E-state index is -4.95. The van der Waals surface area contributed by atoms with Gasteiger partial charge in [0.2, 0.25) is 6.43 Å². The number of hydrogen-bond donors (Lipinski definition) is 0. The number of alkyl halides is 5. The second kappa shape index (κ2) is 10.1. The van der Waals surface area contributed by atoms with Gasteiger partial charge < -0.3 is 9.64 Å². The second-order valence-electron chi connectivity index (χ2n) is 8.95. The first-order chi connectivity index (χ1) is 16.2. The summed E-state index contributed by atoms with van der Waals surface area (Å²) in [6.45, 7) is 3.48. The first-order valence-corrected chi connectivity index (χ1v) is 12.5. The van der Waals surface area contributed by atoms with Crippen LogP contribution in [0.2, 0.25) is 0 Å². The lowest BCUT2D eigenvalue weighted by Crippen LogP contribution is -2.47. The first-order valence-electron chi connectivity index (χ1n) is 11.0. The molecule has 192 valence electrons. The number of piperidine rings is 1. The van der Waals surface area contributed by atoms with E-state index in [1.165, 1.54) is 43.0 Å². The minimum Gasteiger partial charge on any atom is -0.406 e. The summed E-state index contributed by atoms with van der Waals surface area (Å²) < 4.78 is 92.7. The maximum Gasteiger partial charge on any atom is 0.573 e. The molecule has 0 radical (unpaired) electrons. The zero-order valence-electron chi connectivity index (χ0n) is 19.2. The molecule has 2 aromatic carbocycles. The monoisotopic (exact) mass is 519 g/mol. The molecule has 1 amide bonds. The Morgan fingerprint density at radius 1 is 1.06 bits per heavy atom. The van der Waals surface area contributed by atoms with Gasteiger partial charge in [0, 0.05) is 25.1 Å². The molecule has 11 heteroatoms. The molecule has 1 aliphatic rings. The Bertz CT molecular complexity index is 1160. The van der Waals surface area contributed by atoms with Gasteiger partial charge in [-0.15, -0.1) is 13.2 Å². The Kier molecular flexibility index (Phi) is 7.78. The summed E-state index contributed by atoms with van der Waals surface area (Å²) in [4.78, 5) is 14.2. The fourth-order valence-electron chi connectivity index (χ4n) is 4.38. The summed E-state index contributed by atoms with van der Waals surface area (Å²) >= 11 is 0. The lowest BCUT2D eigenvalue weighted by atomic mass is 9.85. The van der Waals surface area contributed by atoms with Crippen LogP contribution in [0.4, 0.5) is 22.0 Å². The van der Waals surface area contributed by atoms with Crippen LogP contribution in [-0.2, 0) is 16.3 Å².